The van der Waals surface area contributed by atoms with Gasteiger partial charge in [-0.1, -0.05) is 31.7 Å². The number of amides is 2. The number of aliphatic hydroxyl groups is 1. The highest BCUT2D eigenvalue weighted by Crippen LogP contribution is 2.58. The van der Waals surface area contributed by atoms with Crippen LogP contribution in [0.2, 0.25) is 0 Å². The van der Waals surface area contributed by atoms with E-state index in [0.29, 0.717) is 5.75 Å². The second kappa shape index (κ2) is 13.5. The van der Waals surface area contributed by atoms with E-state index in [0.717, 1.165) is 11.8 Å². The van der Waals surface area contributed by atoms with Gasteiger partial charge in [0.1, 0.15) is 6.10 Å². The number of carbonyl (C=O) groups is 3. The van der Waals surface area contributed by atoms with Crippen LogP contribution in [0, 0.1) is 5.41 Å². The van der Waals surface area contributed by atoms with E-state index in [1.807, 2.05) is 0 Å². The molecule has 0 aromatic heterocycles. The second-order valence-electron chi connectivity index (χ2n) is 6.76. The zero-order valence-electron chi connectivity index (χ0n) is 17.2. The lowest BCUT2D eigenvalue weighted by Gasteiger charge is -2.29. The van der Waals surface area contributed by atoms with Crippen LogP contribution in [0.25, 0.3) is 0 Å². The van der Waals surface area contributed by atoms with Crippen LogP contribution in [0.3, 0.4) is 0 Å². The Hall–Kier alpha value is -1.08. The molecule has 1 unspecified atom stereocenters. The first-order valence-electron chi connectivity index (χ1n) is 8.86. The fraction of sp³-hybridized carbons (Fsp3) is 0.667. The normalized spacial score (nSPS) is 15.3. The van der Waals surface area contributed by atoms with Crippen molar-refractivity contribution in [2.24, 2.45) is 5.41 Å². The number of aliphatic hydroxyl groups excluding tert-OH is 1. The van der Waals surface area contributed by atoms with Gasteiger partial charge in [0.15, 0.2) is 0 Å². The summed E-state index contributed by atoms with van der Waals surface area (Å²) in [5.74, 6) is -0.890. The molecule has 0 radical (unpaired) electrons. The maximum Gasteiger partial charge on any atom is 0.481 e. The molecule has 0 fully saturated rings. The molecule has 0 saturated heterocycles. The van der Waals surface area contributed by atoms with Crippen LogP contribution in [-0.2, 0) is 32.3 Å². The van der Waals surface area contributed by atoms with Gasteiger partial charge in [-0.05, 0) is 13.0 Å². The summed E-state index contributed by atoms with van der Waals surface area (Å²) in [4.78, 5) is 61.3. The summed E-state index contributed by atoms with van der Waals surface area (Å²) in [6, 6.07) is 0. The Morgan fingerprint density at radius 3 is 2.29 bits per heavy atom. The van der Waals surface area contributed by atoms with Gasteiger partial charge in [0.25, 0.3) is 0 Å². The van der Waals surface area contributed by atoms with Gasteiger partial charge in [-0.25, -0.2) is 9.13 Å². The van der Waals surface area contributed by atoms with Gasteiger partial charge in [0.05, 0.1) is 6.61 Å². The molecule has 0 rings (SSSR count). The third kappa shape index (κ3) is 14.6. The van der Waals surface area contributed by atoms with E-state index in [-0.39, 0.29) is 30.5 Å². The third-order valence-electron chi connectivity index (χ3n) is 3.42. The van der Waals surface area contributed by atoms with Crippen molar-refractivity contribution in [3.8, 4) is 0 Å². The topological polar surface area (TPSA) is 209 Å². The molecule has 2 amide bonds. The van der Waals surface area contributed by atoms with Gasteiger partial charge in [0, 0.05) is 30.7 Å². The van der Waals surface area contributed by atoms with Gasteiger partial charge < -0.3 is 30.4 Å². The summed E-state index contributed by atoms with van der Waals surface area (Å²) in [7, 11) is -10.4. The van der Waals surface area contributed by atoms with Crippen LogP contribution in [0.1, 0.15) is 27.2 Å². The molecule has 2 atom stereocenters. The summed E-state index contributed by atoms with van der Waals surface area (Å²) in [6.07, 6.45) is 1.19. The number of hydrogen-bond acceptors (Lipinski definition) is 9. The van der Waals surface area contributed by atoms with Crippen LogP contribution in [-0.4, -0.2) is 68.3 Å². The lowest BCUT2D eigenvalue weighted by Crippen LogP contribution is -2.46. The molecule has 0 aromatic rings. The number of phosphoric ester groups is 1. The molecule has 0 saturated carbocycles. The molecular weight excluding hydrogens is 478 g/mol. The number of thioether (sulfide) groups is 1. The fourth-order valence-corrected chi connectivity index (χ4v) is 4.25. The molecule has 0 aromatic carbocycles. The van der Waals surface area contributed by atoms with E-state index in [1.165, 1.54) is 19.9 Å². The predicted octanol–water partition coefficient (Wildman–Crippen LogP) is 0.0582. The molecule has 16 heteroatoms. The van der Waals surface area contributed by atoms with Crippen LogP contribution in [0.15, 0.2) is 12.2 Å². The van der Waals surface area contributed by atoms with Crippen molar-refractivity contribution in [3.05, 3.63) is 12.2 Å². The maximum atomic E-state index is 12.0. The van der Waals surface area contributed by atoms with E-state index in [9.17, 15) is 33.5 Å². The first-order chi connectivity index (χ1) is 14.1. The van der Waals surface area contributed by atoms with Gasteiger partial charge in [-0.3, -0.25) is 18.9 Å². The number of phosphoric acid groups is 2. The van der Waals surface area contributed by atoms with Crippen LogP contribution in [0.5, 0.6) is 0 Å². The molecule has 0 heterocycles. The molecule has 0 aliphatic rings. The summed E-state index contributed by atoms with van der Waals surface area (Å²) < 4.78 is 30.1. The zero-order valence-corrected chi connectivity index (χ0v) is 19.8. The van der Waals surface area contributed by atoms with Crippen molar-refractivity contribution < 1.29 is 52.1 Å². The Morgan fingerprint density at radius 2 is 1.74 bits per heavy atom. The Balaban J connectivity index is 4.34. The van der Waals surface area contributed by atoms with E-state index in [2.05, 4.69) is 19.5 Å². The highest BCUT2D eigenvalue weighted by molar-refractivity contribution is 8.14. The van der Waals surface area contributed by atoms with Crippen LogP contribution >= 0.6 is 27.4 Å². The van der Waals surface area contributed by atoms with Crippen LogP contribution in [0.4, 0.5) is 0 Å². The molecular formula is C15H28N2O11P2S. The number of hydrogen-bond donors (Lipinski definition) is 6. The quantitative estimate of drug-likeness (QED) is 0.105. The van der Waals surface area contributed by atoms with Crippen molar-refractivity contribution >= 4 is 44.3 Å². The minimum absolute atomic E-state index is 0.0924. The molecule has 6 N–H and O–H groups in total. The summed E-state index contributed by atoms with van der Waals surface area (Å²) in [5.41, 5.74) is -1.44. The number of allylic oxidation sites excluding steroid dienone is 1. The van der Waals surface area contributed by atoms with Gasteiger partial charge in [0.2, 0.25) is 16.9 Å². The third-order valence-corrected chi connectivity index (χ3v) is 6.38. The van der Waals surface area contributed by atoms with Crippen molar-refractivity contribution in [2.75, 3.05) is 25.4 Å². The van der Waals surface area contributed by atoms with Gasteiger partial charge in [-0.15, -0.1) is 0 Å². The highest BCUT2D eigenvalue weighted by atomic mass is 32.2. The summed E-state index contributed by atoms with van der Waals surface area (Å²) >= 11 is 1.04. The minimum atomic E-state index is -5.29. The molecule has 0 bridgehead atoms. The summed E-state index contributed by atoms with van der Waals surface area (Å²) in [5, 5.41) is 14.9. The molecule has 31 heavy (non-hydrogen) atoms. The molecule has 0 spiro atoms. The largest absolute Gasteiger partial charge is 0.481 e. The standard InChI is InChI=1S/C15H28N2O11P2S/c1-4-5-12(19)31-9-8-16-11(18)6-7-17-14(21)13(20)15(2,3)10-27-30(25,26)28-29(22,23)24/h4-5,13,20H,6-10H2,1-3H3,(H,16,18)(H,17,21)(H,25,26)(H2,22,23,24)/b5-4+/t13-/m0/s1. The predicted molar refractivity (Wildman–Crippen MR) is 112 cm³/mol. The van der Waals surface area contributed by atoms with E-state index < -0.39 is 39.7 Å². The fourth-order valence-electron chi connectivity index (χ4n) is 1.85. The number of nitrogens with one attached hydrogen (secondary N) is 2. The Morgan fingerprint density at radius 1 is 1.13 bits per heavy atom. The average Bonchev–Trinajstić information content (AvgIpc) is 2.61. The van der Waals surface area contributed by atoms with E-state index in [1.54, 1.807) is 13.0 Å². The maximum absolute atomic E-state index is 12.0. The monoisotopic (exact) mass is 506 g/mol. The highest BCUT2D eigenvalue weighted by Gasteiger charge is 2.39. The Kier molecular flexibility index (Phi) is 13.0. The number of rotatable bonds is 14. The van der Waals surface area contributed by atoms with Crippen molar-refractivity contribution in [3.63, 3.8) is 0 Å². The molecule has 0 aliphatic heterocycles. The minimum Gasteiger partial charge on any atom is -0.383 e. The molecule has 0 aliphatic carbocycles. The van der Waals surface area contributed by atoms with Crippen molar-refractivity contribution in [1.82, 2.24) is 10.6 Å². The SMILES string of the molecule is C/C=C/C(=O)SCCNC(=O)CCNC(=O)[C@H](O)C(C)(C)COP(=O)(O)OP(=O)(O)O. The zero-order chi connectivity index (χ0) is 24.3. The Labute approximate surface area is 183 Å². The molecule has 13 nitrogen and oxygen atoms in total. The number of carbonyl (C=O) groups excluding carboxylic acids is 3. The van der Waals surface area contributed by atoms with Gasteiger partial charge in [-0.2, -0.15) is 4.31 Å². The average molecular weight is 506 g/mol. The lowest BCUT2D eigenvalue weighted by molar-refractivity contribution is -0.137. The summed E-state index contributed by atoms with van der Waals surface area (Å²) in [6.45, 7) is 3.71. The smallest absolute Gasteiger partial charge is 0.383 e. The van der Waals surface area contributed by atoms with Crippen LogP contribution < -0.4 is 10.6 Å². The first kappa shape index (κ1) is 29.9. The first-order valence-corrected chi connectivity index (χ1v) is 12.9. The van der Waals surface area contributed by atoms with Crippen molar-refractivity contribution in [1.29, 1.82) is 0 Å². The second-order valence-corrected chi connectivity index (χ2v) is 10.7. The van der Waals surface area contributed by atoms with Gasteiger partial charge >= 0.3 is 15.6 Å². The lowest BCUT2D eigenvalue weighted by atomic mass is 9.87. The van der Waals surface area contributed by atoms with Crippen molar-refractivity contribution in [2.45, 2.75) is 33.3 Å². The van der Waals surface area contributed by atoms with E-state index >= 15 is 0 Å². The molecule has 180 valence electrons. The Bertz CT molecular complexity index is 753. The van der Waals surface area contributed by atoms with E-state index in [4.69, 9.17) is 9.79 Å².